The van der Waals surface area contributed by atoms with Crippen LogP contribution < -0.4 is 10.2 Å². The van der Waals surface area contributed by atoms with Crippen molar-refractivity contribution in [2.24, 2.45) is 16.8 Å². The highest BCUT2D eigenvalue weighted by atomic mass is 17.0. The molecule has 0 aromatic carbocycles. The number of hydrogen-bond acceptors (Lipinski definition) is 8. The first-order chi connectivity index (χ1) is 17.0. The van der Waals surface area contributed by atoms with Gasteiger partial charge in [-0.1, -0.05) is 44.8 Å². The summed E-state index contributed by atoms with van der Waals surface area (Å²) < 4.78 is 11.0. The molecule has 0 saturated heterocycles. The summed E-state index contributed by atoms with van der Waals surface area (Å²) in [7, 11) is 1.54. The molecule has 9 nitrogen and oxygen atoms in total. The predicted molar refractivity (Wildman–Crippen MR) is 136 cm³/mol. The first-order valence-corrected chi connectivity index (χ1v) is 12.3. The SMILES string of the molecule is C=C(OC)c1ccc(N(CCC[C@@H](CC2CCCCC2)C(=O)NC2=NC=CC2)CC(C)=O)o1.OO. The predicted octanol–water partition coefficient (Wildman–Crippen LogP) is 5.11. The number of rotatable bonds is 12. The Morgan fingerprint density at radius 2 is 2.03 bits per heavy atom. The van der Waals surface area contributed by atoms with E-state index < -0.39 is 0 Å². The summed E-state index contributed by atoms with van der Waals surface area (Å²) >= 11 is 0. The number of aliphatic imine (C=N–C) groups is 1. The second-order valence-electron chi connectivity index (χ2n) is 9.12. The third-order valence-electron chi connectivity index (χ3n) is 6.45. The third-order valence-corrected chi connectivity index (χ3v) is 6.45. The average Bonchev–Trinajstić information content (AvgIpc) is 3.56. The van der Waals surface area contributed by atoms with E-state index in [4.69, 9.17) is 19.7 Å². The van der Waals surface area contributed by atoms with Crippen LogP contribution in [0.4, 0.5) is 5.88 Å². The van der Waals surface area contributed by atoms with Gasteiger partial charge < -0.3 is 19.4 Å². The lowest BCUT2D eigenvalue weighted by atomic mass is 9.81. The first-order valence-electron chi connectivity index (χ1n) is 12.3. The molecule has 9 heteroatoms. The molecule has 194 valence electrons. The quantitative estimate of drug-likeness (QED) is 0.212. The molecule has 0 unspecified atom stereocenters. The van der Waals surface area contributed by atoms with Crippen molar-refractivity contribution in [1.29, 1.82) is 0 Å². The van der Waals surface area contributed by atoms with E-state index in [2.05, 4.69) is 16.9 Å². The molecule has 2 heterocycles. The van der Waals surface area contributed by atoms with Gasteiger partial charge in [-0.05, 0) is 38.2 Å². The molecule has 1 aromatic rings. The molecule has 3 N–H and O–H groups in total. The number of methoxy groups -OCH3 is 1. The highest BCUT2D eigenvalue weighted by Gasteiger charge is 2.26. The molecule has 1 aliphatic carbocycles. The summed E-state index contributed by atoms with van der Waals surface area (Å²) in [5.41, 5.74) is 0. The lowest BCUT2D eigenvalue weighted by molar-refractivity contribution is -0.176. The molecule has 1 atom stereocenters. The normalized spacial score (nSPS) is 16.1. The van der Waals surface area contributed by atoms with Crippen LogP contribution in [0.1, 0.15) is 70.5 Å². The van der Waals surface area contributed by atoms with Gasteiger partial charge >= 0.3 is 0 Å². The van der Waals surface area contributed by atoms with Crippen LogP contribution in [-0.4, -0.2) is 48.2 Å². The fraction of sp³-hybridized carbons (Fsp3) is 0.577. The van der Waals surface area contributed by atoms with Gasteiger partial charge in [0.25, 0.3) is 0 Å². The number of hydrogen-bond donors (Lipinski definition) is 3. The zero-order chi connectivity index (χ0) is 25.6. The van der Waals surface area contributed by atoms with Gasteiger partial charge in [-0.15, -0.1) is 0 Å². The van der Waals surface area contributed by atoms with Crippen LogP contribution in [0.5, 0.6) is 0 Å². The molecule has 0 spiro atoms. The Bertz CT molecular complexity index is 885. The van der Waals surface area contributed by atoms with Gasteiger partial charge in [-0.25, -0.2) is 4.99 Å². The van der Waals surface area contributed by atoms with E-state index in [1.54, 1.807) is 26.3 Å². The van der Waals surface area contributed by atoms with Crippen LogP contribution in [-0.2, 0) is 14.3 Å². The van der Waals surface area contributed by atoms with Crippen molar-refractivity contribution in [2.75, 3.05) is 25.1 Å². The molecule has 1 fully saturated rings. The summed E-state index contributed by atoms with van der Waals surface area (Å²) in [6.45, 7) is 6.28. The van der Waals surface area contributed by atoms with Gasteiger partial charge in [0.05, 0.1) is 13.7 Å². The number of amidine groups is 1. The maximum absolute atomic E-state index is 13.1. The lowest BCUT2D eigenvalue weighted by Gasteiger charge is -2.27. The average molecular weight is 490 g/mol. The molecule has 3 rings (SSSR count). The number of ether oxygens (including phenoxy) is 1. The standard InChI is InChI=1S/C26H37N3O4.H2O2/c1-19(30)18-29(25-14-13-23(33-25)20(2)32-3)16-8-11-22(17-21-9-5-4-6-10-21)26(31)28-24-12-7-15-27-24;1-2/h7,13-15,21-22H,2,4-6,8-12,16-18H2,1,3H3,(H,27,28,31);1-2H/t22-;/m0./s1. The van der Waals surface area contributed by atoms with Crippen LogP contribution in [0.25, 0.3) is 5.76 Å². The van der Waals surface area contributed by atoms with Gasteiger partial charge in [0, 0.05) is 31.1 Å². The fourth-order valence-corrected chi connectivity index (χ4v) is 4.68. The van der Waals surface area contributed by atoms with Crippen LogP contribution in [0, 0.1) is 11.8 Å². The summed E-state index contributed by atoms with van der Waals surface area (Å²) in [5, 5.41) is 15.0. The smallest absolute Gasteiger partial charge is 0.228 e. The number of ketones is 1. The highest BCUT2D eigenvalue weighted by molar-refractivity contribution is 6.00. The van der Waals surface area contributed by atoms with Gasteiger partial charge in [0.2, 0.25) is 5.91 Å². The molecular weight excluding hydrogens is 450 g/mol. The van der Waals surface area contributed by atoms with E-state index in [1.165, 1.54) is 32.1 Å². The molecule has 2 aliphatic rings. The Kier molecular flexibility index (Phi) is 12.3. The largest absolute Gasteiger partial charge is 0.493 e. The second kappa shape index (κ2) is 15.2. The van der Waals surface area contributed by atoms with Crippen LogP contribution in [0.2, 0.25) is 0 Å². The molecule has 0 radical (unpaired) electrons. The Labute approximate surface area is 207 Å². The van der Waals surface area contributed by atoms with Gasteiger partial charge in [-0.3, -0.25) is 20.1 Å². The van der Waals surface area contributed by atoms with E-state index in [0.717, 1.165) is 25.1 Å². The molecule has 1 amide bonds. The fourth-order valence-electron chi connectivity index (χ4n) is 4.68. The van der Waals surface area contributed by atoms with Crippen molar-refractivity contribution in [3.63, 3.8) is 0 Å². The number of Topliss-reactive ketones (excluding diaryl/α,β-unsaturated/α-hetero) is 1. The summed E-state index contributed by atoms with van der Waals surface area (Å²) in [4.78, 5) is 31.1. The second-order valence-corrected chi connectivity index (χ2v) is 9.12. The van der Waals surface area contributed by atoms with Gasteiger partial charge in [0.1, 0.15) is 11.6 Å². The minimum atomic E-state index is -0.0593. The number of carbonyl (C=O) groups is 2. The zero-order valence-electron chi connectivity index (χ0n) is 20.9. The maximum atomic E-state index is 13.1. The van der Waals surface area contributed by atoms with Crippen LogP contribution in [0.3, 0.4) is 0 Å². The summed E-state index contributed by atoms with van der Waals surface area (Å²) in [6, 6.07) is 3.63. The van der Waals surface area contributed by atoms with Crippen molar-refractivity contribution >= 4 is 29.2 Å². The molecule has 1 aromatic heterocycles. The number of anilines is 1. The summed E-state index contributed by atoms with van der Waals surface area (Å²) in [6.07, 6.45) is 13.1. The Morgan fingerprint density at radius 3 is 2.66 bits per heavy atom. The van der Waals surface area contributed by atoms with Crippen LogP contribution >= 0.6 is 0 Å². The number of furan rings is 1. The summed E-state index contributed by atoms with van der Waals surface area (Å²) in [5.74, 6) is 3.00. The van der Waals surface area contributed by atoms with Crippen molar-refractivity contribution in [3.8, 4) is 0 Å². The van der Waals surface area contributed by atoms with Gasteiger partial charge in [-0.2, -0.15) is 0 Å². The molecule has 35 heavy (non-hydrogen) atoms. The highest BCUT2D eigenvalue weighted by Crippen LogP contribution is 2.31. The van der Waals surface area contributed by atoms with E-state index in [1.807, 2.05) is 17.0 Å². The van der Waals surface area contributed by atoms with Crippen molar-refractivity contribution in [2.45, 2.75) is 64.7 Å². The van der Waals surface area contributed by atoms with Gasteiger partial charge in [0.15, 0.2) is 17.4 Å². The minimum absolute atomic E-state index is 0.0572. The van der Waals surface area contributed by atoms with Crippen molar-refractivity contribution < 1.29 is 29.3 Å². The topological polar surface area (TPSA) is 125 Å². The van der Waals surface area contributed by atoms with E-state index in [0.29, 0.717) is 36.3 Å². The zero-order valence-corrected chi connectivity index (χ0v) is 20.9. The van der Waals surface area contributed by atoms with E-state index in [9.17, 15) is 9.59 Å². The first kappa shape index (κ1) is 28.3. The number of carbonyl (C=O) groups excluding carboxylic acids is 2. The number of nitrogens with zero attached hydrogens (tertiary/aromatic N) is 2. The third kappa shape index (κ3) is 9.33. The molecule has 1 aliphatic heterocycles. The molecular formula is C26H39N3O6. The Balaban J connectivity index is 0.00000210. The monoisotopic (exact) mass is 489 g/mol. The lowest BCUT2D eigenvalue weighted by Crippen LogP contribution is -2.36. The Morgan fingerprint density at radius 1 is 1.29 bits per heavy atom. The molecule has 0 bridgehead atoms. The number of nitrogens with one attached hydrogen (secondary N) is 1. The maximum Gasteiger partial charge on any atom is 0.228 e. The van der Waals surface area contributed by atoms with Crippen LogP contribution in [0.15, 0.2) is 40.4 Å². The molecule has 1 saturated carbocycles. The van der Waals surface area contributed by atoms with E-state index in [-0.39, 0.29) is 24.2 Å². The van der Waals surface area contributed by atoms with Crippen molar-refractivity contribution in [3.05, 3.63) is 36.7 Å². The number of amides is 1. The minimum Gasteiger partial charge on any atom is -0.493 e. The Hall–Kier alpha value is -2.91. The van der Waals surface area contributed by atoms with Crippen molar-refractivity contribution in [1.82, 2.24) is 5.32 Å². The van der Waals surface area contributed by atoms with E-state index >= 15 is 0 Å².